The zero-order valence-electron chi connectivity index (χ0n) is 9.58. The highest BCUT2D eigenvalue weighted by Gasteiger charge is 2.12. The molecule has 14 heavy (non-hydrogen) atoms. The lowest BCUT2D eigenvalue weighted by molar-refractivity contribution is 0.180. The normalized spacial score (nSPS) is 15.9. The van der Waals surface area contributed by atoms with Crippen LogP contribution in [-0.4, -0.2) is 30.2 Å². The molecular formula is C10H26N4. The third kappa shape index (κ3) is 5.54. The van der Waals surface area contributed by atoms with E-state index in [0.29, 0.717) is 12.6 Å². The van der Waals surface area contributed by atoms with Crippen LogP contribution in [0.2, 0.25) is 0 Å². The maximum atomic E-state index is 5.94. The van der Waals surface area contributed by atoms with E-state index in [1.807, 2.05) is 5.01 Å². The molecule has 0 rings (SSSR count). The molecule has 0 heterocycles. The fourth-order valence-electron chi connectivity index (χ4n) is 1.50. The van der Waals surface area contributed by atoms with Crippen molar-refractivity contribution in [2.24, 2.45) is 17.3 Å². The number of nitrogens with two attached hydrogens (primary N) is 3. The number of hydrogen-bond donors (Lipinski definition) is 3. The summed E-state index contributed by atoms with van der Waals surface area (Å²) in [5.74, 6) is 5.94. The third-order valence-corrected chi connectivity index (χ3v) is 2.72. The smallest absolute Gasteiger partial charge is 0.0250 e. The van der Waals surface area contributed by atoms with Crippen LogP contribution in [0.4, 0.5) is 0 Å². The maximum absolute atomic E-state index is 5.94. The van der Waals surface area contributed by atoms with E-state index in [9.17, 15) is 0 Å². The molecular weight excluding hydrogens is 176 g/mol. The Bertz CT molecular complexity index is 129. The zero-order chi connectivity index (χ0) is 11.0. The predicted octanol–water partition coefficient (Wildman–Crippen LogP) is 0.417. The Hall–Kier alpha value is -0.160. The van der Waals surface area contributed by atoms with E-state index in [0.717, 1.165) is 32.2 Å². The summed E-state index contributed by atoms with van der Waals surface area (Å²) >= 11 is 0. The van der Waals surface area contributed by atoms with Crippen molar-refractivity contribution in [2.75, 3.05) is 13.1 Å². The van der Waals surface area contributed by atoms with E-state index in [1.54, 1.807) is 0 Å². The SMILES string of the molecule is CCC(N)CCN(N)C(CC)CCN. The number of rotatable bonds is 8. The molecule has 4 heteroatoms. The zero-order valence-corrected chi connectivity index (χ0v) is 9.58. The van der Waals surface area contributed by atoms with Crippen LogP contribution in [0.1, 0.15) is 39.5 Å². The van der Waals surface area contributed by atoms with E-state index in [4.69, 9.17) is 17.3 Å². The van der Waals surface area contributed by atoms with Gasteiger partial charge in [-0.15, -0.1) is 0 Å². The minimum atomic E-state index is 0.274. The first-order valence-corrected chi connectivity index (χ1v) is 5.62. The van der Waals surface area contributed by atoms with E-state index in [1.165, 1.54) is 0 Å². The van der Waals surface area contributed by atoms with Gasteiger partial charge in [0.15, 0.2) is 0 Å². The van der Waals surface area contributed by atoms with Crippen LogP contribution in [-0.2, 0) is 0 Å². The molecule has 0 bridgehead atoms. The highest BCUT2D eigenvalue weighted by atomic mass is 15.4. The van der Waals surface area contributed by atoms with Crippen LogP contribution in [0, 0.1) is 0 Å². The van der Waals surface area contributed by atoms with Gasteiger partial charge in [-0.1, -0.05) is 13.8 Å². The summed E-state index contributed by atoms with van der Waals surface area (Å²) in [6.07, 6.45) is 4.00. The fourth-order valence-corrected chi connectivity index (χ4v) is 1.50. The molecule has 86 valence electrons. The van der Waals surface area contributed by atoms with E-state index >= 15 is 0 Å². The monoisotopic (exact) mass is 202 g/mol. The second-order valence-electron chi connectivity index (χ2n) is 3.83. The lowest BCUT2D eigenvalue weighted by Crippen LogP contribution is -2.44. The molecule has 4 nitrogen and oxygen atoms in total. The molecule has 0 saturated heterocycles. The number of hydrazine groups is 1. The van der Waals surface area contributed by atoms with E-state index in [2.05, 4.69) is 13.8 Å². The Morgan fingerprint density at radius 2 is 1.79 bits per heavy atom. The van der Waals surface area contributed by atoms with Crippen LogP contribution in [0.25, 0.3) is 0 Å². The molecule has 0 spiro atoms. The average molecular weight is 202 g/mol. The number of hydrogen-bond acceptors (Lipinski definition) is 4. The van der Waals surface area contributed by atoms with Crippen molar-refractivity contribution in [3.8, 4) is 0 Å². The Labute approximate surface area is 87.8 Å². The van der Waals surface area contributed by atoms with Crippen molar-refractivity contribution in [2.45, 2.75) is 51.6 Å². The fraction of sp³-hybridized carbons (Fsp3) is 1.00. The molecule has 0 saturated carbocycles. The van der Waals surface area contributed by atoms with Gasteiger partial charge in [0.1, 0.15) is 0 Å². The van der Waals surface area contributed by atoms with Gasteiger partial charge in [0.25, 0.3) is 0 Å². The lowest BCUT2D eigenvalue weighted by Gasteiger charge is -2.27. The van der Waals surface area contributed by atoms with Crippen molar-refractivity contribution < 1.29 is 0 Å². The summed E-state index contributed by atoms with van der Waals surface area (Å²) in [6.45, 7) is 5.81. The van der Waals surface area contributed by atoms with Gasteiger partial charge in [-0.3, -0.25) is 5.84 Å². The van der Waals surface area contributed by atoms with Crippen LogP contribution in [0.5, 0.6) is 0 Å². The van der Waals surface area contributed by atoms with Gasteiger partial charge in [0.2, 0.25) is 0 Å². The molecule has 2 atom stereocenters. The van der Waals surface area contributed by atoms with Crippen molar-refractivity contribution in [1.29, 1.82) is 0 Å². The van der Waals surface area contributed by atoms with E-state index < -0.39 is 0 Å². The summed E-state index contributed by atoms with van der Waals surface area (Å²) in [5, 5.41) is 1.89. The van der Waals surface area contributed by atoms with Crippen LogP contribution in [0.3, 0.4) is 0 Å². The third-order valence-electron chi connectivity index (χ3n) is 2.72. The second-order valence-corrected chi connectivity index (χ2v) is 3.83. The molecule has 0 aliphatic carbocycles. The lowest BCUT2D eigenvalue weighted by atomic mass is 10.1. The molecule has 0 aromatic heterocycles. The van der Waals surface area contributed by atoms with Crippen molar-refractivity contribution in [3.63, 3.8) is 0 Å². The summed E-state index contributed by atoms with van der Waals surface area (Å²) in [7, 11) is 0. The Morgan fingerprint density at radius 3 is 2.21 bits per heavy atom. The van der Waals surface area contributed by atoms with Crippen LogP contribution >= 0.6 is 0 Å². The molecule has 2 unspecified atom stereocenters. The van der Waals surface area contributed by atoms with Crippen molar-refractivity contribution >= 4 is 0 Å². The maximum Gasteiger partial charge on any atom is 0.0250 e. The summed E-state index contributed by atoms with van der Waals surface area (Å²) in [5.41, 5.74) is 11.3. The molecule has 0 aromatic rings. The van der Waals surface area contributed by atoms with Gasteiger partial charge in [0.05, 0.1) is 0 Å². The summed E-state index contributed by atoms with van der Waals surface area (Å²) < 4.78 is 0. The quantitative estimate of drug-likeness (QED) is 0.393. The Morgan fingerprint density at radius 1 is 1.14 bits per heavy atom. The molecule has 0 amide bonds. The standard InChI is InChI=1S/C10H26N4/c1-3-9(12)6-8-14(13)10(4-2)5-7-11/h9-10H,3-8,11-13H2,1-2H3. The van der Waals surface area contributed by atoms with Gasteiger partial charge in [-0.2, -0.15) is 0 Å². The minimum Gasteiger partial charge on any atom is -0.330 e. The molecule has 0 aliphatic rings. The minimum absolute atomic E-state index is 0.274. The van der Waals surface area contributed by atoms with Crippen molar-refractivity contribution in [1.82, 2.24) is 5.01 Å². The highest BCUT2D eigenvalue weighted by Crippen LogP contribution is 2.05. The largest absolute Gasteiger partial charge is 0.330 e. The van der Waals surface area contributed by atoms with Gasteiger partial charge in [-0.05, 0) is 32.2 Å². The first-order valence-electron chi connectivity index (χ1n) is 5.62. The van der Waals surface area contributed by atoms with Gasteiger partial charge in [-0.25, -0.2) is 5.01 Å². The molecule has 0 fully saturated rings. The van der Waals surface area contributed by atoms with Gasteiger partial charge < -0.3 is 11.5 Å². The van der Waals surface area contributed by atoms with Gasteiger partial charge >= 0.3 is 0 Å². The van der Waals surface area contributed by atoms with Crippen LogP contribution < -0.4 is 17.3 Å². The Kier molecular flexibility index (Phi) is 8.08. The second kappa shape index (κ2) is 8.17. The van der Waals surface area contributed by atoms with E-state index in [-0.39, 0.29) is 6.04 Å². The molecule has 0 radical (unpaired) electrons. The number of nitrogens with zero attached hydrogens (tertiary/aromatic N) is 1. The van der Waals surface area contributed by atoms with Crippen molar-refractivity contribution in [3.05, 3.63) is 0 Å². The molecule has 0 aromatic carbocycles. The first-order chi connectivity index (χ1) is 6.65. The molecule has 0 aliphatic heterocycles. The average Bonchev–Trinajstić information content (AvgIpc) is 2.21. The first kappa shape index (κ1) is 13.8. The summed E-state index contributed by atoms with van der Waals surface area (Å²) in [6, 6.07) is 0.681. The van der Waals surface area contributed by atoms with Crippen LogP contribution in [0.15, 0.2) is 0 Å². The highest BCUT2D eigenvalue weighted by molar-refractivity contribution is 4.68. The Balaban J connectivity index is 3.73. The topological polar surface area (TPSA) is 81.3 Å². The summed E-state index contributed by atoms with van der Waals surface area (Å²) in [4.78, 5) is 0. The molecule has 6 N–H and O–H groups in total. The predicted molar refractivity (Wildman–Crippen MR) is 61.5 cm³/mol. The van der Waals surface area contributed by atoms with Gasteiger partial charge in [0, 0.05) is 18.6 Å².